The Morgan fingerprint density at radius 3 is 0.873 bits per heavy atom. The highest BCUT2D eigenvalue weighted by molar-refractivity contribution is 5.80. The number of aliphatic hydroxyl groups is 2. The predicted molar refractivity (Wildman–Crippen MR) is 306 cm³/mol. The second-order valence-electron chi connectivity index (χ2n) is 23.1. The Morgan fingerprint density at radius 2 is 0.606 bits per heavy atom. The van der Waals surface area contributed by atoms with Crippen LogP contribution in [0, 0.1) is 11.3 Å². The number of carbonyl (C=O) groups is 2. The minimum absolute atomic E-state index is 0.00493. The number of unbranched alkanes of at least 4 members (excludes halogenated alkanes) is 50. The van der Waals surface area contributed by atoms with Crippen LogP contribution in [0.5, 0.6) is 0 Å². The highest BCUT2D eigenvalue weighted by atomic mass is 16.6. The average molecular weight is 1000 g/mol. The molecule has 0 aliphatic carbocycles. The van der Waals surface area contributed by atoms with Crippen LogP contribution in [0.2, 0.25) is 0 Å². The quantitative estimate of drug-likeness (QED) is 0.0358. The zero-order valence-corrected chi connectivity index (χ0v) is 47.8. The summed E-state index contributed by atoms with van der Waals surface area (Å²) < 4.78 is 10.6. The van der Waals surface area contributed by atoms with E-state index in [-0.39, 0.29) is 19.6 Å². The first-order chi connectivity index (χ1) is 35.1. The molecule has 1 aliphatic rings. The lowest BCUT2D eigenvalue weighted by molar-refractivity contribution is -0.155. The summed E-state index contributed by atoms with van der Waals surface area (Å²) in [4.78, 5) is 24.7. The molecule has 1 rings (SSSR count). The van der Waals surface area contributed by atoms with Crippen LogP contribution >= 0.6 is 0 Å². The Morgan fingerprint density at radius 1 is 0.366 bits per heavy atom. The van der Waals surface area contributed by atoms with Gasteiger partial charge in [-0.05, 0) is 32.1 Å². The lowest BCUT2D eigenvalue weighted by Gasteiger charge is -2.27. The predicted octanol–water partition coefficient (Wildman–Crippen LogP) is 20.3. The molecule has 0 saturated carbocycles. The molecule has 0 aromatic rings. The summed E-state index contributed by atoms with van der Waals surface area (Å²) in [5, 5.41) is 19.2. The molecule has 420 valence electrons. The van der Waals surface area contributed by atoms with Gasteiger partial charge in [-0.25, -0.2) is 0 Å². The number of ether oxygens (including phenoxy) is 2. The van der Waals surface area contributed by atoms with Crippen LogP contribution in [0.1, 0.15) is 354 Å². The first kappa shape index (κ1) is 67.6. The van der Waals surface area contributed by atoms with Crippen molar-refractivity contribution in [3.05, 3.63) is 12.2 Å². The minimum Gasteiger partial charge on any atom is -0.465 e. The fourth-order valence-corrected chi connectivity index (χ4v) is 10.8. The van der Waals surface area contributed by atoms with Crippen LogP contribution < -0.4 is 0 Å². The Hall–Kier alpha value is -1.40. The van der Waals surface area contributed by atoms with Crippen molar-refractivity contribution in [2.24, 2.45) is 11.3 Å². The molecule has 1 aliphatic heterocycles. The maximum atomic E-state index is 12.5. The molecule has 1 unspecified atom stereocenters. The number of carbonyl (C=O) groups excluding carboxylic acids is 2. The monoisotopic (exact) mass is 1000 g/mol. The van der Waals surface area contributed by atoms with Crippen molar-refractivity contribution in [1.82, 2.24) is 0 Å². The molecule has 0 radical (unpaired) electrons. The van der Waals surface area contributed by atoms with E-state index in [1.54, 1.807) is 0 Å². The van der Waals surface area contributed by atoms with E-state index in [4.69, 9.17) is 9.47 Å². The third-order valence-corrected chi connectivity index (χ3v) is 16.0. The molecular formula is C65H124O6. The van der Waals surface area contributed by atoms with Crippen LogP contribution in [-0.2, 0) is 19.1 Å². The van der Waals surface area contributed by atoms with Crippen LogP contribution in [0.3, 0.4) is 0 Å². The second kappa shape index (κ2) is 54.8. The molecule has 71 heavy (non-hydrogen) atoms. The van der Waals surface area contributed by atoms with Gasteiger partial charge in [0.2, 0.25) is 0 Å². The maximum absolute atomic E-state index is 12.5. The van der Waals surface area contributed by atoms with Gasteiger partial charge in [0.15, 0.2) is 0 Å². The van der Waals surface area contributed by atoms with Crippen molar-refractivity contribution in [3.63, 3.8) is 0 Å². The van der Waals surface area contributed by atoms with Gasteiger partial charge in [0.1, 0.15) is 13.2 Å². The van der Waals surface area contributed by atoms with Gasteiger partial charge in [-0.2, -0.15) is 0 Å². The molecule has 2 N–H and O–H groups in total. The van der Waals surface area contributed by atoms with E-state index in [2.05, 4.69) is 19.1 Å². The van der Waals surface area contributed by atoms with E-state index in [1.807, 2.05) is 0 Å². The largest absolute Gasteiger partial charge is 0.465 e. The first-order valence-electron chi connectivity index (χ1n) is 32.3. The Bertz CT molecular complexity index is 1120. The number of hydrogen-bond donors (Lipinski definition) is 2. The van der Waals surface area contributed by atoms with Crippen molar-refractivity contribution in [1.29, 1.82) is 0 Å². The third-order valence-electron chi connectivity index (χ3n) is 16.0. The molecule has 1 fully saturated rings. The maximum Gasteiger partial charge on any atom is 0.309 e. The van der Waals surface area contributed by atoms with E-state index < -0.39 is 36.5 Å². The number of hydrogen-bond acceptors (Lipinski definition) is 6. The summed E-state index contributed by atoms with van der Waals surface area (Å²) in [5.74, 6) is -1.40. The van der Waals surface area contributed by atoms with Gasteiger partial charge in [0, 0.05) is 0 Å². The number of rotatable bonds is 56. The molecule has 0 amide bonds. The van der Waals surface area contributed by atoms with E-state index in [1.165, 1.54) is 315 Å². The summed E-state index contributed by atoms with van der Waals surface area (Å²) in [7, 11) is 0. The molecule has 1 heterocycles. The van der Waals surface area contributed by atoms with Gasteiger partial charge in [-0.3, -0.25) is 9.59 Å². The van der Waals surface area contributed by atoms with Crippen molar-refractivity contribution in [2.75, 3.05) is 26.4 Å². The Balaban J connectivity index is 1.68. The highest BCUT2D eigenvalue weighted by Gasteiger charge is 2.36. The lowest BCUT2D eigenvalue weighted by atomic mass is 9.92. The molecule has 0 aromatic heterocycles. The number of cyclic esters (lactones) is 2. The van der Waals surface area contributed by atoms with E-state index in [9.17, 15) is 19.8 Å². The van der Waals surface area contributed by atoms with Gasteiger partial charge in [0.05, 0.1) is 31.0 Å². The zero-order chi connectivity index (χ0) is 51.1. The summed E-state index contributed by atoms with van der Waals surface area (Å²) in [5.41, 5.74) is -1.12. The molecular weight excluding hydrogens is 877 g/mol. The topological polar surface area (TPSA) is 93.1 Å². The summed E-state index contributed by atoms with van der Waals surface area (Å²) in [6.07, 6.45) is 78.7. The van der Waals surface area contributed by atoms with Crippen LogP contribution in [0.15, 0.2) is 12.2 Å². The normalized spacial score (nSPS) is 15.3. The van der Waals surface area contributed by atoms with Gasteiger partial charge >= 0.3 is 11.9 Å². The van der Waals surface area contributed by atoms with E-state index >= 15 is 0 Å². The smallest absolute Gasteiger partial charge is 0.309 e. The van der Waals surface area contributed by atoms with Crippen LogP contribution in [0.4, 0.5) is 0 Å². The van der Waals surface area contributed by atoms with Gasteiger partial charge in [0.25, 0.3) is 0 Å². The Kier molecular flexibility index (Phi) is 52.2. The van der Waals surface area contributed by atoms with Crippen molar-refractivity contribution >= 4 is 11.9 Å². The van der Waals surface area contributed by atoms with E-state index in [0.29, 0.717) is 6.42 Å². The molecule has 0 aromatic carbocycles. The summed E-state index contributed by atoms with van der Waals surface area (Å²) in [6, 6.07) is 0. The third kappa shape index (κ3) is 46.8. The summed E-state index contributed by atoms with van der Waals surface area (Å²) >= 11 is 0. The number of allylic oxidation sites excluding steroid dienone is 2. The Labute approximate surface area is 443 Å². The molecule has 0 bridgehead atoms. The van der Waals surface area contributed by atoms with Crippen molar-refractivity contribution in [3.8, 4) is 0 Å². The fraction of sp³-hybridized carbons (Fsp3) is 0.938. The SMILES string of the molecule is CCCCCCCCCCCCCCCCCC/C=C/CCCCCCCCCCCCCCCCCCCCCCCCCCCCCCCCCCCCC1CC(=O)OCC(CO)(CO)COC1=O. The number of esters is 2. The van der Waals surface area contributed by atoms with Crippen LogP contribution in [0.25, 0.3) is 0 Å². The minimum atomic E-state index is -1.12. The molecule has 6 nitrogen and oxygen atoms in total. The second-order valence-corrected chi connectivity index (χ2v) is 23.1. The number of aliphatic hydroxyl groups excluding tert-OH is 2. The fourth-order valence-electron chi connectivity index (χ4n) is 10.8. The summed E-state index contributed by atoms with van der Waals surface area (Å²) in [6.45, 7) is 1.21. The van der Waals surface area contributed by atoms with E-state index in [0.717, 1.165) is 19.3 Å². The van der Waals surface area contributed by atoms with Gasteiger partial charge < -0.3 is 19.7 Å². The van der Waals surface area contributed by atoms with Crippen LogP contribution in [-0.4, -0.2) is 48.6 Å². The van der Waals surface area contributed by atoms with Gasteiger partial charge in [-0.1, -0.05) is 327 Å². The molecule has 0 spiro atoms. The van der Waals surface area contributed by atoms with Crippen molar-refractivity contribution < 1.29 is 29.3 Å². The first-order valence-corrected chi connectivity index (χ1v) is 32.3. The zero-order valence-electron chi connectivity index (χ0n) is 47.8. The van der Waals surface area contributed by atoms with Crippen molar-refractivity contribution in [2.45, 2.75) is 354 Å². The highest BCUT2D eigenvalue weighted by Crippen LogP contribution is 2.25. The molecule has 6 heteroatoms. The molecule has 1 saturated heterocycles. The lowest BCUT2D eigenvalue weighted by Crippen LogP contribution is -2.40. The van der Waals surface area contributed by atoms with Gasteiger partial charge in [-0.15, -0.1) is 0 Å². The standard InChI is InChI=1S/C65H124O6/c1-2-3-4-5-6-7-8-9-10-11-12-13-14-15-16-17-18-19-20-21-22-23-24-25-26-27-28-29-30-31-32-33-34-35-36-37-38-39-40-41-42-43-44-45-46-47-48-49-50-51-52-53-54-55-56-62-57-63(68)70-60-65(58-66,59-67)61-71-64(62)69/h19-20,62,66-67H,2-18,21-61H2,1H3/b20-19+. The average Bonchev–Trinajstić information content (AvgIpc) is 3.44. The molecule has 1 atom stereocenters.